The number of aliphatic carboxylic acids is 2. The first-order valence-corrected chi connectivity index (χ1v) is 4.05. The van der Waals surface area contributed by atoms with Crippen molar-refractivity contribution in [3.63, 3.8) is 0 Å². The van der Waals surface area contributed by atoms with Crippen LogP contribution in [-0.4, -0.2) is 44.1 Å². The van der Waals surface area contributed by atoms with Crippen molar-refractivity contribution in [3.8, 4) is 0 Å². The monoisotopic (exact) mass is 225 g/mol. The molecule has 0 spiro atoms. The number of carboxylic acid groups (broad SMARTS) is 2. The first kappa shape index (κ1) is 11.6. The highest BCUT2D eigenvalue weighted by Gasteiger charge is 2.28. The lowest BCUT2D eigenvalue weighted by Crippen LogP contribution is -2.46. The van der Waals surface area contributed by atoms with Gasteiger partial charge in [0.05, 0.1) is 6.20 Å². The van der Waals surface area contributed by atoms with Crippen molar-refractivity contribution in [3.05, 3.63) is 24.3 Å². The highest BCUT2D eigenvalue weighted by atomic mass is 16.4. The maximum absolute atomic E-state index is 11.3. The van der Waals surface area contributed by atoms with Gasteiger partial charge in [-0.15, -0.1) is 0 Å². The summed E-state index contributed by atoms with van der Waals surface area (Å²) < 4.78 is 0. The zero-order chi connectivity index (χ0) is 12.1. The van der Waals surface area contributed by atoms with Crippen molar-refractivity contribution < 1.29 is 24.6 Å². The highest BCUT2D eigenvalue weighted by Crippen LogP contribution is 1.93. The van der Waals surface area contributed by atoms with Gasteiger partial charge in [0, 0.05) is 12.4 Å². The van der Waals surface area contributed by atoms with E-state index in [1.807, 2.05) is 0 Å². The van der Waals surface area contributed by atoms with E-state index in [2.05, 4.69) is 9.97 Å². The van der Waals surface area contributed by atoms with Gasteiger partial charge in [0.2, 0.25) is 6.04 Å². The predicted molar refractivity (Wildman–Crippen MR) is 48.6 cm³/mol. The zero-order valence-corrected chi connectivity index (χ0v) is 7.82. The lowest BCUT2D eigenvalue weighted by atomic mass is 10.3. The van der Waals surface area contributed by atoms with Crippen LogP contribution in [-0.2, 0) is 9.59 Å². The maximum Gasteiger partial charge on any atom is 0.338 e. The van der Waals surface area contributed by atoms with Crippen LogP contribution in [0.1, 0.15) is 10.5 Å². The quantitative estimate of drug-likeness (QED) is 0.545. The fourth-order valence-corrected chi connectivity index (χ4v) is 0.850. The molecule has 1 amide bonds. The van der Waals surface area contributed by atoms with Crippen LogP contribution in [0.15, 0.2) is 18.6 Å². The molecule has 0 unspecified atom stereocenters. The number of hydrogen-bond acceptors (Lipinski definition) is 5. The Morgan fingerprint density at radius 3 is 2.25 bits per heavy atom. The summed E-state index contributed by atoms with van der Waals surface area (Å²) in [5.41, 5.74) is -0.157. The Balaban J connectivity index is 2.77. The lowest BCUT2D eigenvalue weighted by molar-refractivity contribution is -0.150. The van der Waals surface area contributed by atoms with Gasteiger partial charge in [-0.3, -0.25) is 9.78 Å². The van der Waals surface area contributed by atoms with Gasteiger partial charge >= 0.3 is 11.9 Å². The molecule has 1 aromatic rings. The van der Waals surface area contributed by atoms with Crippen molar-refractivity contribution in [1.82, 2.24) is 15.3 Å². The number of rotatable bonds is 4. The second-order valence-corrected chi connectivity index (χ2v) is 2.67. The Hall–Kier alpha value is -2.51. The van der Waals surface area contributed by atoms with E-state index in [4.69, 9.17) is 10.2 Å². The molecular formula is C8H7N3O5. The van der Waals surface area contributed by atoms with Crippen LogP contribution in [0, 0.1) is 0 Å². The minimum absolute atomic E-state index is 0.157. The molecule has 0 aliphatic carbocycles. The predicted octanol–water partition coefficient (Wildman–Crippen LogP) is -1.26. The van der Waals surface area contributed by atoms with Crippen LogP contribution in [0.5, 0.6) is 0 Å². The van der Waals surface area contributed by atoms with E-state index in [0.29, 0.717) is 0 Å². The highest BCUT2D eigenvalue weighted by molar-refractivity contribution is 6.03. The maximum atomic E-state index is 11.3. The molecule has 1 heterocycles. The van der Waals surface area contributed by atoms with E-state index >= 15 is 0 Å². The molecule has 0 bridgehead atoms. The van der Waals surface area contributed by atoms with Crippen LogP contribution < -0.4 is 5.32 Å². The Kier molecular flexibility index (Phi) is 3.49. The molecule has 0 saturated carbocycles. The van der Waals surface area contributed by atoms with Crippen LogP contribution in [0.25, 0.3) is 0 Å². The van der Waals surface area contributed by atoms with Crippen molar-refractivity contribution in [2.24, 2.45) is 0 Å². The van der Waals surface area contributed by atoms with Crippen LogP contribution in [0.2, 0.25) is 0 Å². The van der Waals surface area contributed by atoms with Crippen LogP contribution in [0.3, 0.4) is 0 Å². The third-order valence-electron chi connectivity index (χ3n) is 1.57. The number of hydrogen-bond donors (Lipinski definition) is 3. The molecule has 84 valence electrons. The second kappa shape index (κ2) is 4.82. The Labute approximate surface area is 89.0 Å². The number of nitrogens with zero attached hydrogens (tertiary/aromatic N) is 2. The zero-order valence-electron chi connectivity index (χ0n) is 7.82. The first-order valence-electron chi connectivity index (χ1n) is 4.05. The largest absolute Gasteiger partial charge is 0.479 e. The first-order chi connectivity index (χ1) is 7.52. The number of carbonyl (C=O) groups is 3. The standard InChI is InChI=1S/C8H7N3O5/c12-6(4-3-9-1-2-10-4)11-5(7(13)14)8(15)16/h1-3,5H,(H,11,12)(H,13,14)(H,15,16). The number of aromatic nitrogens is 2. The second-order valence-electron chi connectivity index (χ2n) is 2.67. The van der Waals surface area contributed by atoms with Crippen LogP contribution in [0.4, 0.5) is 0 Å². The van der Waals surface area contributed by atoms with E-state index < -0.39 is 23.9 Å². The number of amides is 1. The summed E-state index contributed by atoms with van der Waals surface area (Å²) in [5.74, 6) is -4.24. The van der Waals surface area contributed by atoms with Gasteiger partial charge < -0.3 is 15.5 Å². The normalized spacial score (nSPS) is 9.81. The molecule has 0 aliphatic heterocycles. The molecular weight excluding hydrogens is 218 g/mol. The average Bonchev–Trinajstić information content (AvgIpc) is 2.25. The average molecular weight is 225 g/mol. The minimum atomic E-state index is -2.01. The number of carbonyl (C=O) groups excluding carboxylic acids is 1. The molecule has 0 atom stereocenters. The molecule has 0 aromatic carbocycles. The molecule has 1 rings (SSSR count). The van der Waals surface area contributed by atoms with Crippen molar-refractivity contribution in [2.45, 2.75) is 6.04 Å². The number of carboxylic acids is 2. The van der Waals surface area contributed by atoms with Crippen molar-refractivity contribution >= 4 is 17.8 Å². The van der Waals surface area contributed by atoms with Gasteiger partial charge in [0.25, 0.3) is 5.91 Å². The molecule has 0 fully saturated rings. The van der Waals surface area contributed by atoms with Crippen molar-refractivity contribution in [1.29, 1.82) is 0 Å². The van der Waals surface area contributed by atoms with Crippen LogP contribution >= 0.6 is 0 Å². The van der Waals surface area contributed by atoms with E-state index in [1.165, 1.54) is 12.4 Å². The smallest absolute Gasteiger partial charge is 0.338 e. The summed E-state index contributed by atoms with van der Waals surface area (Å²) in [5, 5.41) is 18.8. The summed E-state index contributed by atoms with van der Waals surface area (Å²) in [7, 11) is 0. The van der Waals surface area contributed by atoms with E-state index in [1.54, 1.807) is 5.32 Å². The van der Waals surface area contributed by atoms with E-state index in [-0.39, 0.29) is 5.69 Å². The molecule has 0 aliphatic rings. The van der Waals surface area contributed by atoms with Gasteiger partial charge in [0.15, 0.2) is 0 Å². The number of nitrogens with one attached hydrogen (secondary N) is 1. The lowest BCUT2D eigenvalue weighted by Gasteiger charge is -2.08. The molecule has 0 saturated heterocycles. The molecule has 8 heteroatoms. The topological polar surface area (TPSA) is 129 Å². The molecule has 3 N–H and O–H groups in total. The fraction of sp³-hybridized carbons (Fsp3) is 0.125. The van der Waals surface area contributed by atoms with Gasteiger partial charge in [0.1, 0.15) is 5.69 Å². The summed E-state index contributed by atoms with van der Waals surface area (Å²) in [6, 6.07) is -2.01. The summed E-state index contributed by atoms with van der Waals surface area (Å²) in [4.78, 5) is 39.5. The summed E-state index contributed by atoms with van der Waals surface area (Å²) in [6.07, 6.45) is 3.64. The Bertz CT molecular complexity index is 405. The third-order valence-corrected chi connectivity index (χ3v) is 1.57. The van der Waals surface area contributed by atoms with Gasteiger partial charge in [-0.25, -0.2) is 14.6 Å². The van der Waals surface area contributed by atoms with Gasteiger partial charge in [-0.05, 0) is 0 Å². The minimum Gasteiger partial charge on any atom is -0.479 e. The SMILES string of the molecule is O=C(NC(C(=O)O)C(=O)O)c1cnccn1. The molecule has 8 nitrogen and oxygen atoms in total. The van der Waals surface area contributed by atoms with E-state index in [0.717, 1.165) is 6.20 Å². The summed E-state index contributed by atoms with van der Waals surface area (Å²) >= 11 is 0. The Morgan fingerprint density at radius 2 is 1.81 bits per heavy atom. The van der Waals surface area contributed by atoms with Crippen molar-refractivity contribution in [2.75, 3.05) is 0 Å². The molecule has 16 heavy (non-hydrogen) atoms. The van der Waals surface area contributed by atoms with E-state index in [9.17, 15) is 14.4 Å². The Morgan fingerprint density at radius 1 is 1.19 bits per heavy atom. The summed E-state index contributed by atoms with van der Waals surface area (Å²) in [6.45, 7) is 0. The fourth-order valence-electron chi connectivity index (χ4n) is 0.850. The molecule has 0 radical (unpaired) electrons. The van der Waals surface area contributed by atoms with Gasteiger partial charge in [-0.2, -0.15) is 0 Å². The van der Waals surface area contributed by atoms with Gasteiger partial charge in [-0.1, -0.05) is 0 Å². The molecule has 1 aromatic heterocycles. The third kappa shape index (κ3) is 2.74.